The summed E-state index contributed by atoms with van der Waals surface area (Å²) in [4.78, 5) is 13.1. The highest BCUT2D eigenvalue weighted by Gasteiger charge is 2.19. The number of hydrogen-bond acceptors (Lipinski definition) is 4. The van der Waals surface area contributed by atoms with Crippen LogP contribution in [0.4, 0.5) is 5.69 Å². The van der Waals surface area contributed by atoms with Crippen molar-refractivity contribution in [2.45, 2.75) is 13.8 Å². The second-order valence-electron chi connectivity index (χ2n) is 6.76. The molecule has 0 saturated carbocycles. The molecule has 4 rings (SSSR count). The highest BCUT2D eigenvalue weighted by Crippen LogP contribution is 2.24. The second kappa shape index (κ2) is 7.67. The smallest absolute Gasteiger partial charge is 0.274 e. The third-order valence-corrected chi connectivity index (χ3v) is 4.80. The molecule has 0 fully saturated rings. The number of ether oxygens (including phenoxy) is 1. The van der Waals surface area contributed by atoms with Gasteiger partial charge in [0.1, 0.15) is 17.1 Å². The van der Waals surface area contributed by atoms with Crippen LogP contribution in [0.15, 0.2) is 71.3 Å². The molecular weight excluding hydrogens is 366 g/mol. The number of methoxy groups -OCH3 is 1. The van der Waals surface area contributed by atoms with E-state index in [1.165, 1.54) is 5.56 Å². The molecule has 1 amide bonds. The summed E-state index contributed by atoms with van der Waals surface area (Å²) < 4.78 is 12.3. The van der Waals surface area contributed by atoms with E-state index in [2.05, 4.69) is 10.4 Å². The molecule has 0 unspecified atom stereocenters. The van der Waals surface area contributed by atoms with Crippen molar-refractivity contribution in [2.24, 2.45) is 0 Å². The fraction of sp³-hybridized carbons (Fsp3) is 0.130. The molecule has 146 valence electrons. The van der Waals surface area contributed by atoms with Crippen molar-refractivity contribution >= 4 is 11.6 Å². The zero-order valence-corrected chi connectivity index (χ0v) is 16.5. The number of aromatic nitrogens is 2. The van der Waals surface area contributed by atoms with E-state index < -0.39 is 0 Å². The fourth-order valence-electron chi connectivity index (χ4n) is 3.02. The number of nitrogens with one attached hydrogen (secondary N) is 1. The Morgan fingerprint density at radius 3 is 2.48 bits per heavy atom. The number of aryl methyl sites for hydroxylation is 2. The van der Waals surface area contributed by atoms with Gasteiger partial charge in [-0.05, 0) is 73.5 Å². The van der Waals surface area contributed by atoms with Crippen LogP contribution in [-0.4, -0.2) is 22.8 Å². The van der Waals surface area contributed by atoms with E-state index in [9.17, 15) is 4.79 Å². The molecule has 2 aromatic heterocycles. The first-order chi connectivity index (χ1) is 14.0. The summed E-state index contributed by atoms with van der Waals surface area (Å²) in [5, 5.41) is 7.56. The Bertz CT molecular complexity index is 1140. The van der Waals surface area contributed by atoms with Crippen LogP contribution in [0.2, 0.25) is 0 Å². The van der Waals surface area contributed by atoms with E-state index in [-0.39, 0.29) is 5.91 Å². The number of amides is 1. The van der Waals surface area contributed by atoms with Crippen molar-refractivity contribution in [3.63, 3.8) is 0 Å². The molecule has 1 N–H and O–H groups in total. The van der Waals surface area contributed by atoms with Crippen molar-refractivity contribution in [1.82, 2.24) is 9.78 Å². The Hall–Kier alpha value is -3.80. The van der Waals surface area contributed by atoms with Crippen LogP contribution in [-0.2, 0) is 0 Å². The molecule has 2 heterocycles. The minimum absolute atomic E-state index is 0.255. The van der Waals surface area contributed by atoms with Gasteiger partial charge in [0.05, 0.1) is 19.1 Å². The number of carbonyl (C=O) groups excluding carboxylic acids is 1. The number of rotatable bonds is 5. The molecule has 6 heteroatoms. The second-order valence-corrected chi connectivity index (χ2v) is 6.76. The topological polar surface area (TPSA) is 69.3 Å². The van der Waals surface area contributed by atoms with Crippen LogP contribution in [0, 0.1) is 13.8 Å². The van der Waals surface area contributed by atoms with Gasteiger partial charge in [-0.2, -0.15) is 5.10 Å². The summed E-state index contributed by atoms with van der Waals surface area (Å²) in [6.07, 6.45) is 1.58. The fourth-order valence-corrected chi connectivity index (χ4v) is 3.02. The molecular formula is C23H21N3O3. The highest BCUT2D eigenvalue weighted by molar-refractivity contribution is 6.04. The average molecular weight is 387 g/mol. The number of nitrogens with zero attached hydrogens (tertiary/aromatic N) is 2. The maximum Gasteiger partial charge on any atom is 0.274 e. The number of carbonyl (C=O) groups is 1. The minimum atomic E-state index is -0.255. The zero-order valence-electron chi connectivity index (χ0n) is 16.5. The van der Waals surface area contributed by atoms with Gasteiger partial charge in [-0.3, -0.25) is 4.79 Å². The van der Waals surface area contributed by atoms with Crippen molar-refractivity contribution in [1.29, 1.82) is 0 Å². The number of anilines is 1. The first-order valence-electron chi connectivity index (χ1n) is 9.22. The standard InChI is InChI=1S/C23H21N3O3/c1-15-6-7-17(13-16(15)2)24-23(27)21-14-20(22-5-4-12-29-22)25-26(21)18-8-10-19(28-3)11-9-18/h4-14H,1-3H3,(H,24,27). The van der Waals surface area contributed by atoms with Crippen LogP contribution < -0.4 is 10.1 Å². The third kappa shape index (κ3) is 3.78. The lowest BCUT2D eigenvalue weighted by molar-refractivity contribution is 0.101. The minimum Gasteiger partial charge on any atom is -0.497 e. The summed E-state index contributed by atoms with van der Waals surface area (Å²) in [6, 6.07) is 18.5. The van der Waals surface area contributed by atoms with Gasteiger partial charge in [-0.25, -0.2) is 4.68 Å². The van der Waals surface area contributed by atoms with E-state index in [1.54, 1.807) is 30.2 Å². The average Bonchev–Trinajstić information content (AvgIpc) is 3.40. The van der Waals surface area contributed by atoms with Gasteiger partial charge in [0.15, 0.2) is 5.76 Å². The quantitative estimate of drug-likeness (QED) is 0.523. The molecule has 0 bridgehead atoms. The molecule has 4 aromatic rings. The third-order valence-electron chi connectivity index (χ3n) is 4.80. The molecule has 0 aliphatic rings. The van der Waals surface area contributed by atoms with Crippen LogP contribution in [0.5, 0.6) is 5.75 Å². The van der Waals surface area contributed by atoms with Crippen molar-refractivity contribution < 1.29 is 13.9 Å². The van der Waals surface area contributed by atoms with E-state index in [0.717, 1.165) is 22.7 Å². The summed E-state index contributed by atoms with van der Waals surface area (Å²) in [5.74, 6) is 1.07. The zero-order chi connectivity index (χ0) is 20.4. The van der Waals surface area contributed by atoms with Crippen molar-refractivity contribution in [3.05, 3.63) is 83.7 Å². The van der Waals surface area contributed by atoms with Gasteiger partial charge in [0.25, 0.3) is 5.91 Å². The molecule has 2 aromatic carbocycles. The monoisotopic (exact) mass is 387 g/mol. The number of benzene rings is 2. The van der Waals surface area contributed by atoms with Crippen molar-refractivity contribution in [3.8, 4) is 22.9 Å². The van der Waals surface area contributed by atoms with Crippen molar-refractivity contribution in [2.75, 3.05) is 12.4 Å². The van der Waals surface area contributed by atoms with E-state index in [1.807, 2.05) is 62.4 Å². The van der Waals surface area contributed by atoms with E-state index in [0.29, 0.717) is 17.1 Å². The molecule has 0 saturated heterocycles. The van der Waals surface area contributed by atoms with Gasteiger partial charge in [-0.1, -0.05) is 6.07 Å². The van der Waals surface area contributed by atoms with Gasteiger partial charge in [0.2, 0.25) is 0 Å². The molecule has 29 heavy (non-hydrogen) atoms. The Balaban J connectivity index is 1.73. The molecule has 0 aliphatic carbocycles. The largest absolute Gasteiger partial charge is 0.497 e. The molecule has 0 atom stereocenters. The van der Waals surface area contributed by atoms with Crippen LogP contribution in [0.25, 0.3) is 17.1 Å². The maximum atomic E-state index is 13.1. The number of furan rings is 1. The first kappa shape index (κ1) is 18.6. The lowest BCUT2D eigenvalue weighted by atomic mass is 10.1. The molecule has 0 aliphatic heterocycles. The van der Waals surface area contributed by atoms with E-state index >= 15 is 0 Å². The number of hydrogen-bond donors (Lipinski definition) is 1. The summed E-state index contributed by atoms with van der Waals surface area (Å²) >= 11 is 0. The molecule has 6 nitrogen and oxygen atoms in total. The Kier molecular flexibility index (Phi) is 4.91. The first-order valence-corrected chi connectivity index (χ1v) is 9.22. The van der Waals surface area contributed by atoms with Crippen LogP contribution in [0.1, 0.15) is 21.6 Å². The van der Waals surface area contributed by atoms with E-state index in [4.69, 9.17) is 9.15 Å². The normalized spacial score (nSPS) is 10.7. The summed E-state index contributed by atoms with van der Waals surface area (Å²) in [7, 11) is 1.61. The Morgan fingerprint density at radius 2 is 1.83 bits per heavy atom. The van der Waals surface area contributed by atoms with Gasteiger partial charge >= 0.3 is 0 Å². The van der Waals surface area contributed by atoms with Gasteiger partial charge < -0.3 is 14.5 Å². The predicted octanol–water partition coefficient (Wildman–Crippen LogP) is 5.01. The molecule has 0 radical (unpaired) electrons. The maximum absolute atomic E-state index is 13.1. The lowest BCUT2D eigenvalue weighted by Crippen LogP contribution is -2.17. The van der Waals surface area contributed by atoms with Gasteiger partial charge in [-0.15, -0.1) is 0 Å². The Labute approximate surface area is 168 Å². The van der Waals surface area contributed by atoms with Crippen LogP contribution in [0.3, 0.4) is 0 Å². The predicted molar refractivity (Wildman–Crippen MR) is 112 cm³/mol. The summed E-state index contributed by atoms with van der Waals surface area (Å²) in [6.45, 7) is 4.05. The van der Waals surface area contributed by atoms with Crippen LogP contribution >= 0.6 is 0 Å². The molecule has 0 spiro atoms. The van der Waals surface area contributed by atoms with Gasteiger partial charge in [0, 0.05) is 11.8 Å². The summed E-state index contributed by atoms with van der Waals surface area (Å²) in [5.41, 5.74) is 4.75. The Morgan fingerprint density at radius 1 is 1.03 bits per heavy atom. The highest BCUT2D eigenvalue weighted by atomic mass is 16.5. The lowest BCUT2D eigenvalue weighted by Gasteiger charge is -2.10. The SMILES string of the molecule is COc1ccc(-n2nc(-c3ccco3)cc2C(=O)Nc2ccc(C)c(C)c2)cc1.